The lowest BCUT2D eigenvalue weighted by Crippen LogP contribution is -2.37. The maximum absolute atomic E-state index is 12.2. The Labute approximate surface area is 130 Å². The van der Waals surface area contributed by atoms with Crippen molar-refractivity contribution in [1.29, 1.82) is 0 Å². The van der Waals surface area contributed by atoms with Gasteiger partial charge in [0.25, 0.3) is 11.5 Å². The Morgan fingerprint density at radius 2 is 2.00 bits per heavy atom. The van der Waals surface area contributed by atoms with Crippen molar-refractivity contribution in [2.75, 3.05) is 5.32 Å². The SMILES string of the molecule is Cc1occc1C(=O)Nc1cnc2c(c1)c(=O)n(C)c(=O)n2C. The van der Waals surface area contributed by atoms with E-state index >= 15 is 0 Å². The van der Waals surface area contributed by atoms with Crippen LogP contribution in [0.2, 0.25) is 0 Å². The second kappa shape index (κ2) is 5.24. The zero-order chi connectivity index (χ0) is 16.7. The number of carbonyl (C=O) groups is 1. The lowest BCUT2D eigenvalue weighted by atomic mass is 10.2. The molecule has 3 rings (SSSR count). The molecular weight excluding hydrogens is 300 g/mol. The van der Waals surface area contributed by atoms with E-state index in [1.54, 1.807) is 13.0 Å². The standard InChI is InChI=1S/C15H14N4O4/c1-8-10(4-5-23-8)13(20)17-9-6-11-12(16-7-9)18(2)15(22)19(3)14(11)21/h4-7H,1-3H3,(H,17,20). The van der Waals surface area contributed by atoms with Gasteiger partial charge in [-0.05, 0) is 19.1 Å². The number of hydrogen-bond acceptors (Lipinski definition) is 5. The normalized spacial score (nSPS) is 10.9. The van der Waals surface area contributed by atoms with Gasteiger partial charge in [-0.3, -0.25) is 18.7 Å². The van der Waals surface area contributed by atoms with Crippen molar-refractivity contribution in [1.82, 2.24) is 14.1 Å². The Balaban J connectivity index is 2.08. The molecule has 0 aliphatic carbocycles. The summed E-state index contributed by atoms with van der Waals surface area (Å²) in [6, 6.07) is 3.05. The lowest BCUT2D eigenvalue weighted by molar-refractivity contribution is 0.102. The fraction of sp³-hybridized carbons (Fsp3) is 0.200. The minimum absolute atomic E-state index is 0.247. The zero-order valence-electron chi connectivity index (χ0n) is 12.8. The quantitative estimate of drug-likeness (QED) is 0.754. The molecule has 0 radical (unpaired) electrons. The number of nitrogens with zero attached hydrogens (tertiary/aromatic N) is 3. The first-order valence-electron chi connectivity index (χ1n) is 6.81. The number of aryl methyl sites for hydroxylation is 2. The minimum atomic E-state index is -0.466. The summed E-state index contributed by atoms with van der Waals surface area (Å²) in [7, 11) is 2.92. The summed E-state index contributed by atoms with van der Waals surface area (Å²) >= 11 is 0. The first-order chi connectivity index (χ1) is 10.9. The van der Waals surface area contributed by atoms with Crippen LogP contribution in [0.1, 0.15) is 16.1 Å². The topological polar surface area (TPSA) is 99.1 Å². The summed E-state index contributed by atoms with van der Waals surface area (Å²) in [6.07, 6.45) is 2.82. The van der Waals surface area contributed by atoms with Crippen molar-refractivity contribution in [2.45, 2.75) is 6.92 Å². The second-order valence-electron chi connectivity index (χ2n) is 5.15. The molecule has 8 nitrogen and oxygen atoms in total. The van der Waals surface area contributed by atoms with Crippen molar-refractivity contribution in [3.05, 3.63) is 56.8 Å². The third-order valence-electron chi connectivity index (χ3n) is 3.65. The molecule has 0 aromatic carbocycles. The average Bonchev–Trinajstić information content (AvgIpc) is 2.97. The molecule has 118 valence electrons. The zero-order valence-corrected chi connectivity index (χ0v) is 12.8. The van der Waals surface area contributed by atoms with E-state index in [1.807, 2.05) is 0 Å². The monoisotopic (exact) mass is 314 g/mol. The maximum Gasteiger partial charge on any atom is 0.332 e. The molecule has 23 heavy (non-hydrogen) atoms. The fourth-order valence-electron chi connectivity index (χ4n) is 2.35. The molecule has 3 aromatic rings. The molecule has 0 aliphatic rings. The largest absolute Gasteiger partial charge is 0.469 e. The number of furan rings is 1. The molecule has 8 heteroatoms. The van der Waals surface area contributed by atoms with Crippen LogP contribution in [0.3, 0.4) is 0 Å². The Morgan fingerprint density at radius 3 is 2.65 bits per heavy atom. The molecule has 1 amide bonds. The van der Waals surface area contributed by atoms with Gasteiger partial charge in [0.2, 0.25) is 0 Å². The summed E-state index contributed by atoms with van der Waals surface area (Å²) in [6.45, 7) is 1.68. The van der Waals surface area contributed by atoms with Gasteiger partial charge < -0.3 is 9.73 Å². The van der Waals surface area contributed by atoms with Crippen LogP contribution in [0, 0.1) is 6.92 Å². The number of pyridine rings is 1. The van der Waals surface area contributed by atoms with Crippen molar-refractivity contribution in [2.24, 2.45) is 14.1 Å². The van der Waals surface area contributed by atoms with Crippen molar-refractivity contribution >= 4 is 22.6 Å². The Bertz CT molecular complexity index is 1040. The van der Waals surface area contributed by atoms with E-state index in [1.165, 1.54) is 37.2 Å². The van der Waals surface area contributed by atoms with Gasteiger partial charge in [0, 0.05) is 14.1 Å². The van der Waals surface area contributed by atoms with Crippen LogP contribution in [0.5, 0.6) is 0 Å². The first kappa shape index (κ1) is 14.8. The van der Waals surface area contributed by atoms with Crippen molar-refractivity contribution < 1.29 is 9.21 Å². The highest BCUT2D eigenvalue weighted by Crippen LogP contribution is 2.15. The summed E-state index contributed by atoms with van der Waals surface area (Å²) in [5.74, 6) is 0.133. The minimum Gasteiger partial charge on any atom is -0.469 e. The number of anilines is 1. The molecule has 3 heterocycles. The highest BCUT2D eigenvalue weighted by Gasteiger charge is 2.14. The number of fused-ring (bicyclic) bond motifs is 1. The summed E-state index contributed by atoms with van der Waals surface area (Å²) in [5, 5.41) is 2.91. The van der Waals surface area contributed by atoms with Gasteiger partial charge in [-0.1, -0.05) is 0 Å². The van der Waals surface area contributed by atoms with Crippen LogP contribution in [-0.4, -0.2) is 20.0 Å². The number of carbonyl (C=O) groups excluding carboxylic acids is 1. The number of aromatic nitrogens is 3. The average molecular weight is 314 g/mol. The van der Waals surface area contributed by atoms with Gasteiger partial charge in [-0.15, -0.1) is 0 Å². The van der Waals surface area contributed by atoms with Gasteiger partial charge in [0.05, 0.1) is 29.1 Å². The Morgan fingerprint density at radius 1 is 1.26 bits per heavy atom. The summed E-state index contributed by atoms with van der Waals surface area (Å²) in [4.78, 5) is 40.3. The second-order valence-corrected chi connectivity index (χ2v) is 5.15. The van der Waals surface area contributed by atoms with E-state index < -0.39 is 11.2 Å². The van der Waals surface area contributed by atoms with E-state index in [-0.39, 0.29) is 16.9 Å². The summed E-state index contributed by atoms with van der Waals surface area (Å²) < 4.78 is 7.37. The van der Waals surface area contributed by atoms with E-state index in [0.29, 0.717) is 17.0 Å². The predicted octanol–water partition coefficient (Wildman–Crippen LogP) is 0.786. The molecular formula is C15H14N4O4. The molecule has 0 saturated heterocycles. The molecule has 3 aromatic heterocycles. The molecule has 0 spiro atoms. The van der Waals surface area contributed by atoms with Gasteiger partial charge in [0.1, 0.15) is 11.4 Å². The van der Waals surface area contributed by atoms with Crippen LogP contribution >= 0.6 is 0 Å². The number of amides is 1. The van der Waals surface area contributed by atoms with Crippen LogP contribution in [0.25, 0.3) is 11.0 Å². The molecule has 0 bridgehead atoms. The van der Waals surface area contributed by atoms with Gasteiger partial charge >= 0.3 is 5.69 Å². The molecule has 1 N–H and O–H groups in total. The first-order valence-corrected chi connectivity index (χ1v) is 6.81. The van der Waals surface area contributed by atoms with Crippen LogP contribution < -0.4 is 16.6 Å². The van der Waals surface area contributed by atoms with Gasteiger partial charge in [-0.2, -0.15) is 0 Å². The van der Waals surface area contributed by atoms with E-state index in [4.69, 9.17) is 4.42 Å². The molecule has 0 unspecified atom stereocenters. The molecule has 0 saturated carbocycles. The van der Waals surface area contributed by atoms with Gasteiger partial charge in [0.15, 0.2) is 0 Å². The fourth-order valence-corrected chi connectivity index (χ4v) is 2.35. The van der Waals surface area contributed by atoms with Crippen molar-refractivity contribution in [3.63, 3.8) is 0 Å². The van der Waals surface area contributed by atoms with E-state index in [0.717, 1.165) is 4.57 Å². The number of rotatable bonds is 2. The summed E-state index contributed by atoms with van der Waals surface area (Å²) in [5.41, 5.74) is 0.0971. The number of hydrogen-bond donors (Lipinski definition) is 1. The van der Waals surface area contributed by atoms with Crippen molar-refractivity contribution in [3.8, 4) is 0 Å². The maximum atomic E-state index is 12.2. The smallest absolute Gasteiger partial charge is 0.332 e. The van der Waals surface area contributed by atoms with Crippen LogP contribution in [0.4, 0.5) is 5.69 Å². The van der Waals surface area contributed by atoms with E-state index in [9.17, 15) is 14.4 Å². The number of nitrogens with one attached hydrogen (secondary N) is 1. The Hall–Kier alpha value is -3.16. The molecule has 0 fully saturated rings. The van der Waals surface area contributed by atoms with Gasteiger partial charge in [-0.25, -0.2) is 9.78 Å². The molecule has 0 atom stereocenters. The lowest BCUT2D eigenvalue weighted by Gasteiger charge is -2.09. The van der Waals surface area contributed by atoms with Crippen LogP contribution in [0.15, 0.2) is 38.6 Å². The third-order valence-corrected chi connectivity index (χ3v) is 3.65. The van der Waals surface area contributed by atoms with Crippen LogP contribution in [-0.2, 0) is 14.1 Å². The highest BCUT2D eigenvalue weighted by atomic mass is 16.3. The predicted molar refractivity (Wildman–Crippen MR) is 83.6 cm³/mol. The third kappa shape index (κ3) is 2.33. The Kier molecular flexibility index (Phi) is 3.36. The molecule has 0 aliphatic heterocycles. The highest BCUT2D eigenvalue weighted by molar-refractivity contribution is 6.05. The van der Waals surface area contributed by atoms with E-state index in [2.05, 4.69) is 10.3 Å².